The molecule has 2 N–H and O–H groups in total. The van der Waals surface area contributed by atoms with Crippen molar-refractivity contribution in [1.29, 1.82) is 0 Å². The first-order chi connectivity index (χ1) is 18.5. The van der Waals surface area contributed by atoms with Crippen molar-refractivity contribution in [2.24, 2.45) is 0 Å². The van der Waals surface area contributed by atoms with Gasteiger partial charge in [-0.1, -0.05) is 65.7 Å². The summed E-state index contributed by atoms with van der Waals surface area (Å²) in [5.74, 6) is 0.797. The van der Waals surface area contributed by atoms with E-state index in [1.54, 1.807) is 0 Å². The fourth-order valence-corrected chi connectivity index (χ4v) is 4.94. The molecule has 1 aliphatic heterocycles. The zero-order valence-corrected chi connectivity index (χ0v) is 22.9. The van der Waals surface area contributed by atoms with E-state index in [1.165, 1.54) is 0 Å². The van der Waals surface area contributed by atoms with Gasteiger partial charge >= 0.3 is 0 Å². The fourth-order valence-electron chi connectivity index (χ4n) is 4.81. The van der Waals surface area contributed by atoms with E-state index in [-0.39, 0.29) is 6.61 Å². The number of rotatable bonds is 13. The minimum atomic E-state index is -1.18. The van der Waals surface area contributed by atoms with Crippen LogP contribution in [0, 0.1) is 6.92 Å². The minimum absolute atomic E-state index is 0.0769. The van der Waals surface area contributed by atoms with Gasteiger partial charge in [0.25, 0.3) is 0 Å². The van der Waals surface area contributed by atoms with Crippen molar-refractivity contribution < 1.29 is 19.7 Å². The van der Waals surface area contributed by atoms with Crippen molar-refractivity contribution >= 4 is 11.6 Å². The summed E-state index contributed by atoms with van der Waals surface area (Å²) in [6, 6.07) is 23.5. The summed E-state index contributed by atoms with van der Waals surface area (Å²) in [5, 5.41) is 21.5. The average Bonchev–Trinajstić information content (AvgIpc) is 2.94. The number of ether oxygens (including phenoxy) is 2. The summed E-state index contributed by atoms with van der Waals surface area (Å²) < 4.78 is 11.4. The molecule has 0 aromatic heterocycles. The molecular weight excluding hydrogens is 500 g/mol. The van der Waals surface area contributed by atoms with Crippen molar-refractivity contribution in [1.82, 2.24) is 9.80 Å². The topological polar surface area (TPSA) is 65.4 Å². The lowest BCUT2D eigenvalue weighted by Crippen LogP contribution is -2.48. The summed E-state index contributed by atoms with van der Waals surface area (Å²) in [4.78, 5) is 4.81. The van der Waals surface area contributed by atoms with Gasteiger partial charge < -0.3 is 19.7 Å². The third-order valence-electron chi connectivity index (χ3n) is 7.16. The second kappa shape index (κ2) is 14.1. The van der Waals surface area contributed by atoms with Crippen LogP contribution in [-0.2, 0) is 16.8 Å². The van der Waals surface area contributed by atoms with E-state index in [1.807, 2.05) is 79.7 Å². The Kier molecular flexibility index (Phi) is 10.6. The molecule has 0 amide bonds. The second-order valence-corrected chi connectivity index (χ2v) is 10.4. The molecule has 6 nitrogen and oxygen atoms in total. The van der Waals surface area contributed by atoms with E-state index in [4.69, 9.17) is 26.2 Å². The zero-order valence-electron chi connectivity index (χ0n) is 22.2. The number of piperazine rings is 1. The highest BCUT2D eigenvalue weighted by Gasteiger charge is 2.32. The summed E-state index contributed by atoms with van der Waals surface area (Å²) >= 11 is 6.08. The third-order valence-corrected chi connectivity index (χ3v) is 7.41. The maximum absolute atomic E-state index is 12.0. The average molecular weight is 539 g/mol. The van der Waals surface area contributed by atoms with Gasteiger partial charge in [0, 0.05) is 50.7 Å². The van der Waals surface area contributed by atoms with Crippen LogP contribution in [0.5, 0.6) is 5.75 Å². The van der Waals surface area contributed by atoms with Gasteiger partial charge in [0.15, 0.2) is 0 Å². The normalized spacial score (nSPS) is 16.3. The van der Waals surface area contributed by atoms with Crippen LogP contribution in [0.4, 0.5) is 0 Å². The third kappa shape index (κ3) is 8.03. The van der Waals surface area contributed by atoms with Gasteiger partial charge in [-0.15, -0.1) is 0 Å². The Hall–Kier alpha value is -2.45. The van der Waals surface area contributed by atoms with Crippen LogP contribution in [0.25, 0.3) is 0 Å². The van der Waals surface area contributed by atoms with Crippen molar-refractivity contribution in [3.63, 3.8) is 0 Å². The van der Waals surface area contributed by atoms with Crippen LogP contribution in [0.15, 0.2) is 72.8 Å². The molecule has 1 fully saturated rings. The Balaban J connectivity index is 1.33. The zero-order chi connectivity index (χ0) is 26.8. The van der Waals surface area contributed by atoms with E-state index in [0.717, 1.165) is 67.3 Å². The van der Waals surface area contributed by atoms with Crippen LogP contribution in [-0.4, -0.2) is 85.7 Å². The molecule has 0 aliphatic carbocycles. The molecule has 3 aromatic rings. The lowest BCUT2D eigenvalue weighted by Gasteiger charge is -2.34. The Morgan fingerprint density at radius 2 is 1.32 bits per heavy atom. The van der Waals surface area contributed by atoms with Gasteiger partial charge in [-0.25, -0.2) is 0 Å². The smallest absolute Gasteiger partial charge is 0.119 e. The van der Waals surface area contributed by atoms with E-state index in [0.29, 0.717) is 31.3 Å². The van der Waals surface area contributed by atoms with Gasteiger partial charge in [0.05, 0.1) is 19.8 Å². The molecule has 4 rings (SSSR count). The molecule has 0 spiro atoms. The summed E-state index contributed by atoms with van der Waals surface area (Å²) in [5.41, 5.74) is 2.66. The number of hydrogen-bond acceptors (Lipinski definition) is 6. The fraction of sp³-hybridized carbons (Fsp3) is 0.419. The molecule has 38 heavy (non-hydrogen) atoms. The van der Waals surface area contributed by atoms with Crippen LogP contribution >= 0.6 is 11.6 Å². The Labute approximate surface area is 231 Å². The Morgan fingerprint density at radius 1 is 0.763 bits per heavy atom. The number of aliphatic hydroxyl groups is 2. The molecular formula is C31H39ClN2O4. The summed E-state index contributed by atoms with van der Waals surface area (Å²) in [6.45, 7) is 9.65. The molecule has 7 heteroatoms. The van der Waals surface area contributed by atoms with Gasteiger partial charge in [-0.3, -0.25) is 9.80 Å². The Morgan fingerprint density at radius 3 is 1.89 bits per heavy atom. The van der Waals surface area contributed by atoms with Crippen molar-refractivity contribution in [3.8, 4) is 5.75 Å². The molecule has 0 bridgehead atoms. The largest absolute Gasteiger partial charge is 0.492 e. The number of halogens is 1. The molecule has 1 saturated heterocycles. The highest BCUT2D eigenvalue weighted by atomic mass is 35.5. The van der Waals surface area contributed by atoms with E-state index in [9.17, 15) is 5.11 Å². The predicted octanol–water partition coefficient (Wildman–Crippen LogP) is 4.13. The summed E-state index contributed by atoms with van der Waals surface area (Å²) in [6.07, 6.45) is 0.437. The number of aliphatic hydroxyl groups excluding tert-OH is 1. The number of hydrogen-bond donors (Lipinski definition) is 2. The van der Waals surface area contributed by atoms with Gasteiger partial charge in [0.1, 0.15) is 18.0 Å². The maximum Gasteiger partial charge on any atom is 0.119 e. The van der Waals surface area contributed by atoms with Crippen LogP contribution < -0.4 is 4.74 Å². The molecule has 1 atom stereocenters. The molecule has 0 radical (unpaired) electrons. The molecule has 3 aromatic carbocycles. The lowest BCUT2D eigenvalue weighted by molar-refractivity contribution is 0.0553. The maximum atomic E-state index is 12.0. The molecule has 1 unspecified atom stereocenters. The quantitative estimate of drug-likeness (QED) is 0.319. The van der Waals surface area contributed by atoms with Gasteiger partial charge in [-0.2, -0.15) is 0 Å². The molecule has 204 valence electrons. The van der Waals surface area contributed by atoms with Gasteiger partial charge in [-0.05, 0) is 47.9 Å². The predicted molar refractivity (Wildman–Crippen MR) is 152 cm³/mol. The van der Waals surface area contributed by atoms with E-state index < -0.39 is 5.60 Å². The van der Waals surface area contributed by atoms with Crippen LogP contribution in [0.3, 0.4) is 0 Å². The number of benzene rings is 3. The molecule has 1 aliphatic rings. The van der Waals surface area contributed by atoms with Gasteiger partial charge in [0.2, 0.25) is 0 Å². The Bertz CT molecular complexity index is 1100. The first-order valence-corrected chi connectivity index (χ1v) is 13.7. The van der Waals surface area contributed by atoms with Crippen LogP contribution in [0.2, 0.25) is 5.02 Å². The first-order valence-electron chi connectivity index (χ1n) is 13.4. The van der Waals surface area contributed by atoms with Crippen LogP contribution in [0.1, 0.15) is 22.3 Å². The highest BCUT2D eigenvalue weighted by Crippen LogP contribution is 2.34. The lowest BCUT2D eigenvalue weighted by atomic mass is 9.81. The minimum Gasteiger partial charge on any atom is -0.492 e. The van der Waals surface area contributed by atoms with Crippen molar-refractivity contribution in [3.05, 3.63) is 100 Å². The number of aryl methyl sites for hydroxylation is 1. The highest BCUT2D eigenvalue weighted by molar-refractivity contribution is 6.30. The van der Waals surface area contributed by atoms with E-state index >= 15 is 0 Å². The molecule has 1 heterocycles. The second-order valence-electron chi connectivity index (χ2n) is 9.92. The monoisotopic (exact) mass is 538 g/mol. The number of nitrogens with zero attached hydrogens (tertiary/aromatic N) is 2. The van der Waals surface area contributed by atoms with E-state index in [2.05, 4.69) is 9.80 Å². The van der Waals surface area contributed by atoms with Crippen molar-refractivity contribution in [2.45, 2.75) is 18.9 Å². The first kappa shape index (κ1) is 28.6. The standard InChI is InChI=1S/C31H39ClN2O4/c1-25-2-6-27(7-3-25)31(36,24-26-4-10-29(32)11-5-26)28-8-12-30(13-9-28)38-22-19-34-16-14-33(15-17-34)18-21-37-23-20-35/h2-13,35-36H,14-24H2,1H3. The summed E-state index contributed by atoms with van der Waals surface area (Å²) in [7, 11) is 0. The van der Waals surface area contributed by atoms with Crippen molar-refractivity contribution in [2.75, 3.05) is 65.7 Å². The molecule has 0 saturated carbocycles. The SMILES string of the molecule is Cc1ccc(C(O)(Cc2ccc(Cl)cc2)c2ccc(OCCN3CCN(CCOCCO)CC3)cc2)cc1.